The molecule has 5 rings (SSSR count). The molecule has 2 amide bonds. The van der Waals surface area contributed by atoms with E-state index in [4.69, 9.17) is 0 Å². The smallest absolute Gasteiger partial charge is 0.319 e. The number of likely N-dealkylation sites (tertiary alicyclic amines) is 1. The molecule has 1 aliphatic heterocycles. The number of nitrogens with one attached hydrogen (secondary N) is 3. The Hall–Kier alpha value is -3.64. The average molecular weight is 468 g/mol. The first kappa shape index (κ1) is 23.1. The van der Waals surface area contributed by atoms with Crippen molar-refractivity contribution in [1.29, 1.82) is 0 Å². The third-order valence-electron chi connectivity index (χ3n) is 7.05. The van der Waals surface area contributed by atoms with Crippen molar-refractivity contribution in [3.63, 3.8) is 0 Å². The van der Waals surface area contributed by atoms with Crippen LogP contribution in [0, 0.1) is 0 Å². The SMILES string of the molecule is CN1CCCC[C@@H]1[C@H](NC(=O)Nc1ccc2[nH]nc(CCc3ccccc3)c2c1)c1ccccc1. The number of carbonyl (C=O) groups is 1. The zero-order valence-electron chi connectivity index (χ0n) is 20.2. The number of aromatic nitrogens is 2. The first-order valence-electron chi connectivity index (χ1n) is 12.5. The van der Waals surface area contributed by atoms with Gasteiger partial charge in [-0.3, -0.25) is 5.10 Å². The maximum Gasteiger partial charge on any atom is 0.319 e. The molecule has 4 aromatic rings. The Morgan fingerprint density at radius 1 is 1.03 bits per heavy atom. The molecule has 0 spiro atoms. The molecule has 0 bridgehead atoms. The number of nitrogens with zero attached hydrogens (tertiary/aromatic N) is 2. The van der Waals surface area contributed by atoms with Gasteiger partial charge in [0.2, 0.25) is 0 Å². The van der Waals surface area contributed by atoms with Crippen LogP contribution in [0.25, 0.3) is 10.9 Å². The van der Waals surface area contributed by atoms with E-state index in [0.717, 1.165) is 53.7 Å². The molecule has 1 aromatic heterocycles. The molecule has 0 aliphatic carbocycles. The zero-order chi connectivity index (χ0) is 24.0. The Bertz CT molecular complexity index is 1250. The Morgan fingerprint density at radius 3 is 2.57 bits per heavy atom. The predicted molar refractivity (Wildman–Crippen MR) is 142 cm³/mol. The highest BCUT2D eigenvalue weighted by molar-refractivity contribution is 5.93. The Morgan fingerprint density at radius 2 is 1.80 bits per heavy atom. The Balaban J connectivity index is 1.30. The molecule has 180 valence electrons. The zero-order valence-corrected chi connectivity index (χ0v) is 20.2. The summed E-state index contributed by atoms with van der Waals surface area (Å²) < 4.78 is 0. The molecule has 6 nitrogen and oxygen atoms in total. The van der Waals surface area contributed by atoms with Crippen molar-refractivity contribution >= 4 is 22.6 Å². The van der Waals surface area contributed by atoms with Gasteiger partial charge in [0.05, 0.1) is 17.3 Å². The van der Waals surface area contributed by atoms with Crippen molar-refractivity contribution in [1.82, 2.24) is 20.4 Å². The lowest BCUT2D eigenvalue weighted by atomic mass is 9.91. The topological polar surface area (TPSA) is 73.1 Å². The van der Waals surface area contributed by atoms with Gasteiger partial charge in [0.25, 0.3) is 0 Å². The highest BCUT2D eigenvalue weighted by atomic mass is 16.2. The van der Waals surface area contributed by atoms with E-state index in [1.807, 2.05) is 42.5 Å². The summed E-state index contributed by atoms with van der Waals surface area (Å²) in [6.45, 7) is 1.06. The van der Waals surface area contributed by atoms with E-state index >= 15 is 0 Å². The van der Waals surface area contributed by atoms with Crippen LogP contribution in [0.4, 0.5) is 10.5 Å². The summed E-state index contributed by atoms with van der Waals surface area (Å²) in [6, 6.07) is 26.7. The van der Waals surface area contributed by atoms with Gasteiger partial charge in [-0.15, -0.1) is 0 Å². The monoisotopic (exact) mass is 467 g/mol. The molecular formula is C29H33N5O. The molecule has 2 atom stereocenters. The molecule has 3 aromatic carbocycles. The van der Waals surface area contributed by atoms with E-state index < -0.39 is 0 Å². The van der Waals surface area contributed by atoms with Crippen LogP contribution in [0.3, 0.4) is 0 Å². The lowest BCUT2D eigenvalue weighted by Gasteiger charge is -2.38. The lowest BCUT2D eigenvalue weighted by molar-refractivity contribution is 0.147. The second-order valence-electron chi connectivity index (χ2n) is 9.45. The first-order chi connectivity index (χ1) is 17.2. The molecule has 1 saturated heterocycles. The standard InChI is InChI=1S/C29H33N5O/c1-34-19-9-8-14-27(34)28(22-12-6-3-7-13-22)31-29(35)30-23-16-18-26-24(20-23)25(32-33-26)17-15-21-10-4-2-5-11-21/h2-7,10-13,16,18,20,27-28H,8-9,14-15,17,19H2,1H3,(H,32,33)(H2,30,31,35)/t27-,28-/m1/s1. The minimum Gasteiger partial charge on any atom is -0.329 e. The number of H-pyrrole nitrogens is 1. The number of rotatable bonds is 7. The van der Waals surface area contributed by atoms with E-state index in [-0.39, 0.29) is 18.1 Å². The fourth-order valence-corrected chi connectivity index (χ4v) is 5.14. The van der Waals surface area contributed by atoms with Crippen molar-refractivity contribution in [2.75, 3.05) is 18.9 Å². The number of benzene rings is 3. The Labute approximate surface area is 206 Å². The lowest BCUT2D eigenvalue weighted by Crippen LogP contribution is -2.47. The number of carbonyl (C=O) groups excluding carboxylic acids is 1. The molecular weight excluding hydrogens is 434 g/mol. The van der Waals surface area contributed by atoms with Crippen molar-refractivity contribution in [2.45, 2.75) is 44.2 Å². The number of fused-ring (bicyclic) bond motifs is 1. The van der Waals surface area contributed by atoms with Gasteiger partial charge in [0, 0.05) is 17.1 Å². The highest BCUT2D eigenvalue weighted by Crippen LogP contribution is 2.28. The number of urea groups is 1. The first-order valence-corrected chi connectivity index (χ1v) is 12.5. The van der Waals surface area contributed by atoms with Crippen LogP contribution in [0.2, 0.25) is 0 Å². The summed E-state index contributed by atoms with van der Waals surface area (Å²) in [4.78, 5) is 15.5. The van der Waals surface area contributed by atoms with Gasteiger partial charge in [-0.25, -0.2) is 4.79 Å². The summed E-state index contributed by atoms with van der Waals surface area (Å²) in [6.07, 6.45) is 5.22. The van der Waals surface area contributed by atoms with Crippen molar-refractivity contribution in [3.8, 4) is 0 Å². The van der Waals surface area contributed by atoms with E-state index in [2.05, 4.69) is 69.2 Å². The average Bonchev–Trinajstić information content (AvgIpc) is 3.30. The fraction of sp³-hybridized carbons (Fsp3) is 0.310. The molecule has 3 N–H and O–H groups in total. The van der Waals surface area contributed by atoms with Crippen molar-refractivity contribution in [2.24, 2.45) is 0 Å². The molecule has 6 heteroatoms. The summed E-state index contributed by atoms with van der Waals surface area (Å²) >= 11 is 0. The van der Waals surface area contributed by atoms with Crippen LogP contribution < -0.4 is 10.6 Å². The molecule has 2 heterocycles. The van der Waals surface area contributed by atoms with Crippen LogP contribution in [-0.2, 0) is 12.8 Å². The van der Waals surface area contributed by atoms with E-state index in [9.17, 15) is 4.79 Å². The number of likely N-dealkylation sites (N-methyl/N-ethyl adjacent to an activating group) is 1. The summed E-state index contributed by atoms with van der Waals surface area (Å²) in [5, 5.41) is 15.0. The quantitative estimate of drug-likeness (QED) is 0.327. The molecule has 1 aliphatic rings. The van der Waals surface area contributed by atoms with Crippen LogP contribution in [0.1, 0.15) is 42.1 Å². The fourth-order valence-electron chi connectivity index (χ4n) is 5.14. The second kappa shape index (κ2) is 10.7. The number of piperidine rings is 1. The number of aromatic amines is 1. The van der Waals surface area contributed by atoms with Gasteiger partial charge < -0.3 is 15.5 Å². The van der Waals surface area contributed by atoms with E-state index in [1.54, 1.807) is 0 Å². The number of hydrogen-bond donors (Lipinski definition) is 3. The van der Waals surface area contributed by atoms with Crippen LogP contribution >= 0.6 is 0 Å². The summed E-state index contributed by atoms with van der Waals surface area (Å²) in [7, 11) is 2.16. The third-order valence-corrected chi connectivity index (χ3v) is 7.05. The van der Waals surface area contributed by atoms with E-state index in [0.29, 0.717) is 0 Å². The van der Waals surface area contributed by atoms with Crippen LogP contribution in [-0.4, -0.2) is 40.8 Å². The molecule has 35 heavy (non-hydrogen) atoms. The second-order valence-corrected chi connectivity index (χ2v) is 9.45. The third kappa shape index (κ3) is 5.54. The summed E-state index contributed by atoms with van der Waals surface area (Å²) in [5.41, 5.74) is 5.18. The number of aryl methyl sites for hydroxylation is 2. The maximum absolute atomic E-state index is 13.2. The van der Waals surface area contributed by atoms with Gasteiger partial charge in [0.1, 0.15) is 0 Å². The van der Waals surface area contributed by atoms with Crippen molar-refractivity contribution in [3.05, 3.63) is 95.7 Å². The molecule has 1 fully saturated rings. The molecule has 0 radical (unpaired) electrons. The largest absolute Gasteiger partial charge is 0.329 e. The van der Waals surface area contributed by atoms with E-state index in [1.165, 1.54) is 18.4 Å². The number of hydrogen-bond acceptors (Lipinski definition) is 3. The van der Waals surface area contributed by atoms with Gasteiger partial charge in [-0.1, -0.05) is 67.1 Å². The van der Waals surface area contributed by atoms with Crippen LogP contribution in [0.15, 0.2) is 78.9 Å². The number of anilines is 1. The predicted octanol–water partition coefficient (Wildman–Crippen LogP) is 5.70. The maximum atomic E-state index is 13.2. The van der Waals surface area contributed by atoms with Gasteiger partial charge >= 0.3 is 6.03 Å². The van der Waals surface area contributed by atoms with Crippen molar-refractivity contribution < 1.29 is 4.79 Å². The summed E-state index contributed by atoms with van der Waals surface area (Å²) in [5.74, 6) is 0. The minimum atomic E-state index is -0.188. The molecule has 0 saturated carbocycles. The Kier molecular flexibility index (Phi) is 7.09. The normalized spacial score (nSPS) is 17.2. The van der Waals surface area contributed by atoms with Crippen LogP contribution in [0.5, 0.6) is 0 Å². The van der Waals surface area contributed by atoms with Gasteiger partial charge in [-0.2, -0.15) is 5.10 Å². The minimum absolute atomic E-state index is 0.0689. The number of amides is 2. The molecule has 0 unspecified atom stereocenters. The van der Waals surface area contributed by atoms with Gasteiger partial charge in [0.15, 0.2) is 0 Å². The van der Waals surface area contributed by atoms with Gasteiger partial charge in [-0.05, 0) is 68.6 Å². The highest BCUT2D eigenvalue weighted by Gasteiger charge is 2.30.